The fourth-order valence-corrected chi connectivity index (χ4v) is 3.46. The summed E-state index contributed by atoms with van der Waals surface area (Å²) in [5.41, 5.74) is 5.95. The van der Waals surface area contributed by atoms with Crippen molar-refractivity contribution in [3.63, 3.8) is 0 Å². The second-order valence-electron chi connectivity index (χ2n) is 7.27. The molecule has 0 aliphatic carbocycles. The van der Waals surface area contributed by atoms with Gasteiger partial charge in [0.2, 0.25) is 11.8 Å². The molecular weight excluding hydrogens is 400 g/mol. The number of amides is 2. The minimum atomic E-state index is -0.138. The number of rotatable bonds is 5. The molecule has 2 amide bonds. The van der Waals surface area contributed by atoms with Crippen molar-refractivity contribution in [2.75, 3.05) is 10.6 Å². The molecule has 4 rings (SSSR count). The molecule has 0 aliphatic heterocycles. The third kappa shape index (κ3) is 4.70. The largest absolute Gasteiger partial charge is 0.326 e. The fourth-order valence-electron chi connectivity index (χ4n) is 3.46. The smallest absolute Gasteiger partial charge is 0.221 e. The van der Waals surface area contributed by atoms with Crippen molar-refractivity contribution in [3.8, 4) is 33.9 Å². The van der Waals surface area contributed by atoms with Crippen LogP contribution >= 0.6 is 0 Å². The van der Waals surface area contributed by atoms with E-state index in [-0.39, 0.29) is 11.8 Å². The van der Waals surface area contributed by atoms with Crippen LogP contribution in [0.1, 0.15) is 13.8 Å². The molecule has 0 radical (unpaired) electrons. The van der Waals surface area contributed by atoms with E-state index in [1.165, 1.54) is 13.8 Å². The van der Waals surface area contributed by atoms with E-state index in [9.17, 15) is 9.59 Å². The molecule has 0 unspecified atom stereocenters. The maximum atomic E-state index is 11.6. The average Bonchev–Trinajstić information content (AvgIpc) is 2.79. The van der Waals surface area contributed by atoms with Crippen LogP contribution in [0, 0.1) is 0 Å². The topological polar surface area (TPSA) is 84.0 Å². The maximum absolute atomic E-state index is 11.6. The van der Waals surface area contributed by atoms with Crippen molar-refractivity contribution in [3.05, 3.63) is 84.9 Å². The van der Waals surface area contributed by atoms with Crippen LogP contribution in [0.2, 0.25) is 0 Å². The normalized spacial score (nSPS) is 10.4. The predicted molar refractivity (Wildman–Crippen MR) is 127 cm³/mol. The first-order valence-electron chi connectivity index (χ1n) is 10.2. The Morgan fingerprint density at radius 2 is 0.906 bits per heavy atom. The highest BCUT2D eigenvalue weighted by molar-refractivity contribution is 5.94. The van der Waals surface area contributed by atoms with E-state index in [4.69, 9.17) is 9.97 Å². The fraction of sp³-hybridized carbons (Fsp3) is 0.0769. The first-order chi connectivity index (χ1) is 15.5. The van der Waals surface area contributed by atoms with Gasteiger partial charge in [0.05, 0.1) is 34.2 Å². The van der Waals surface area contributed by atoms with Gasteiger partial charge in [0, 0.05) is 25.0 Å². The van der Waals surface area contributed by atoms with Gasteiger partial charge in [-0.05, 0) is 36.4 Å². The number of anilines is 2. The van der Waals surface area contributed by atoms with Crippen LogP contribution in [0.15, 0.2) is 84.9 Å². The van der Waals surface area contributed by atoms with Crippen LogP contribution in [0.25, 0.3) is 33.9 Å². The van der Waals surface area contributed by atoms with E-state index in [2.05, 4.69) is 10.6 Å². The van der Waals surface area contributed by atoms with Gasteiger partial charge in [0.15, 0.2) is 0 Å². The number of nitrogens with one attached hydrogen (secondary N) is 2. The first kappa shape index (κ1) is 20.9. The Morgan fingerprint density at radius 3 is 1.31 bits per heavy atom. The molecule has 6 heteroatoms. The summed E-state index contributed by atoms with van der Waals surface area (Å²) in [5, 5.41) is 5.71. The Bertz CT molecular complexity index is 1200. The molecule has 6 nitrogen and oxygen atoms in total. The molecule has 2 heterocycles. The van der Waals surface area contributed by atoms with Crippen molar-refractivity contribution in [2.45, 2.75) is 13.8 Å². The standard InChI is InChI=1S/C26H22N4O2/c1-17(31)27-21-11-5-3-9-19(21)23-13-7-15-25(29-23)26-16-8-14-24(30-26)20-10-4-6-12-22(20)28-18(2)32/h3-16H,1-2H3,(H,27,31)(H,28,32). The van der Waals surface area contributed by atoms with Gasteiger partial charge in [-0.2, -0.15) is 0 Å². The molecule has 0 saturated carbocycles. The molecule has 0 aliphatic rings. The van der Waals surface area contributed by atoms with Gasteiger partial charge in [0.1, 0.15) is 0 Å². The van der Waals surface area contributed by atoms with Gasteiger partial charge in [-0.1, -0.05) is 48.5 Å². The number of para-hydroxylation sites is 2. The second-order valence-corrected chi connectivity index (χ2v) is 7.27. The Morgan fingerprint density at radius 1 is 0.531 bits per heavy atom. The number of hydrogen-bond acceptors (Lipinski definition) is 4. The van der Waals surface area contributed by atoms with Crippen LogP contribution in [-0.2, 0) is 9.59 Å². The van der Waals surface area contributed by atoms with E-state index in [1.807, 2.05) is 84.9 Å². The Balaban J connectivity index is 1.74. The molecule has 4 aromatic rings. The summed E-state index contributed by atoms with van der Waals surface area (Å²) in [6.07, 6.45) is 0. The molecule has 2 aromatic carbocycles. The van der Waals surface area contributed by atoms with Crippen LogP contribution in [0.5, 0.6) is 0 Å². The predicted octanol–water partition coefficient (Wildman–Crippen LogP) is 5.39. The number of carbonyl (C=O) groups excluding carboxylic acids is 2. The highest BCUT2D eigenvalue weighted by Gasteiger charge is 2.12. The molecule has 0 spiro atoms. The minimum Gasteiger partial charge on any atom is -0.326 e. The van der Waals surface area contributed by atoms with Gasteiger partial charge in [-0.15, -0.1) is 0 Å². The second kappa shape index (κ2) is 9.22. The molecule has 2 aromatic heterocycles. The van der Waals surface area contributed by atoms with Gasteiger partial charge in [0.25, 0.3) is 0 Å². The highest BCUT2D eigenvalue weighted by Crippen LogP contribution is 2.30. The lowest BCUT2D eigenvalue weighted by atomic mass is 10.1. The minimum absolute atomic E-state index is 0.138. The summed E-state index contributed by atoms with van der Waals surface area (Å²) in [5.74, 6) is -0.276. The summed E-state index contributed by atoms with van der Waals surface area (Å²) in [6, 6.07) is 26.5. The summed E-state index contributed by atoms with van der Waals surface area (Å²) in [4.78, 5) is 32.8. The third-order valence-electron chi connectivity index (χ3n) is 4.79. The summed E-state index contributed by atoms with van der Waals surface area (Å²) in [6.45, 7) is 2.96. The SMILES string of the molecule is CC(=O)Nc1ccccc1-c1cccc(-c2cccc(-c3ccccc3NC(C)=O)n2)n1. The molecule has 32 heavy (non-hydrogen) atoms. The zero-order valence-electron chi connectivity index (χ0n) is 17.8. The molecule has 0 atom stereocenters. The third-order valence-corrected chi connectivity index (χ3v) is 4.79. The number of aromatic nitrogens is 2. The van der Waals surface area contributed by atoms with E-state index in [1.54, 1.807) is 0 Å². The van der Waals surface area contributed by atoms with Crippen molar-refractivity contribution >= 4 is 23.2 Å². The lowest BCUT2D eigenvalue weighted by molar-refractivity contribution is -0.115. The molecule has 0 saturated heterocycles. The number of carbonyl (C=O) groups is 2. The van der Waals surface area contributed by atoms with E-state index < -0.39 is 0 Å². The molecule has 0 fully saturated rings. The lowest BCUT2D eigenvalue weighted by Gasteiger charge is -2.12. The summed E-state index contributed by atoms with van der Waals surface area (Å²) in [7, 11) is 0. The van der Waals surface area contributed by atoms with Crippen LogP contribution in [-0.4, -0.2) is 21.8 Å². The quantitative estimate of drug-likeness (QED) is 0.451. The first-order valence-corrected chi connectivity index (χ1v) is 10.2. The lowest BCUT2D eigenvalue weighted by Crippen LogP contribution is -2.07. The summed E-state index contributed by atoms with van der Waals surface area (Å²) >= 11 is 0. The van der Waals surface area contributed by atoms with Crippen molar-refractivity contribution in [2.24, 2.45) is 0 Å². The number of hydrogen-bond donors (Lipinski definition) is 2. The summed E-state index contributed by atoms with van der Waals surface area (Å²) < 4.78 is 0. The number of nitrogens with zero attached hydrogens (tertiary/aromatic N) is 2. The van der Waals surface area contributed by atoms with E-state index in [0.29, 0.717) is 22.8 Å². The van der Waals surface area contributed by atoms with Crippen LogP contribution < -0.4 is 10.6 Å². The Kier molecular flexibility index (Phi) is 6.03. The van der Waals surface area contributed by atoms with Crippen molar-refractivity contribution in [1.29, 1.82) is 0 Å². The molecule has 158 valence electrons. The van der Waals surface area contributed by atoms with Crippen molar-refractivity contribution in [1.82, 2.24) is 9.97 Å². The van der Waals surface area contributed by atoms with Crippen LogP contribution in [0.4, 0.5) is 11.4 Å². The molecule has 0 bridgehead atoms. The molecule has 2 N–H and O–H groups in total. The number of benzene rings is 2. The molecular formula is C26H22N4O2. The Hall–Kier alpha value is -4.32. The maximum Gasteiger partial charge on any atom is 0.221 e. The number of pyridine rings is 2. The van der Waals surface area contributed by atoms with Gasteiger partial charge in [-0.25, -0.2) is 9.97 Å². The van der Waals surface area contributed by atoms with E-state index >= 15 is 0 Å². The monoisotopic (exact) mass is 422 g/mol. The zero-order chi connectivity index (χ0) is 22.5. The van der Waals surface area contributed by atoms with E-state index in [0.717, 1.165) is 22.5 Å². The zero-order valence-corrected chi connectivity index (χ0v) is 17.8. The van der Waals surface area contributed by atoms with Crippen LogP contribution in [0.3, 0.4) is 0 Å². The Labute approximate surface area is 186 Å². The van der Waals surface area contributed by atoms with Gasteiger partial charge < -0.3 is 10.6 Å². The average molecular weight is 422 g/mol. The van der Waals surface area contributed by atoms with Gasteiger partial charge in [-0.3, -0.25) is 9.59 Å². The van der Waals surface area contributed by atoms with Crippen molar-refractivity contribution < 1.29 is 9.59 Å². The highest BCUT2D eigenvalue weighted by atomic mass is 16.2. The van der Waals surface area contributed by atoms with Gasteiger partial charge >= 0.3 is 0 Å².